The van der Waals surface area contributed by atoms with Crippen molar-refractivity contribution >= 4 is 5.91 Å². The zero-order chi connectivity index (χ0) is 8.72. The van der Waals surface area contributed by atoms with E-state index in [9.17, 15) is 4.79 Å². The predicted octanol–water partition coefficient (Wildman–Crippen LogP) is 1.19. The molecule has 66 valence electrons. The third kappa shape index (κ3) is 0.904. The maximum absolute atomic E-state index is 11.5. The monoisotopic (exact) mass is 165 g/mol. The fourth-order valence-electron chi connectivity index (χ4n) is 2.67. The second-order valence-electron chi connectivity index (χ2n) is 3.95. The van der Waals surface area contributed by atoms with Gasteiger partial charge in [-0.3, -0.25) is 4.79 Å². The van der Waals surface area contributed by atoms with Crippen LogP contribution in [0.1, 0.15) is 13.3 Å². The molecule has 0 radical (unpaired) electrons. The van der Waals surface area contributed by atoms with Gasteiger partial charge in [-0.25, -0.2) is 0 Å². The van der Waals surface area contributed by atoms with Crippen LogP contribution in [-0.2, 0) is 4.79 Å². The second kappa shape index (κ2) is 2.61. The van der Waals surface area contributed by atoms with E-state index >= 15 is 0 Å². The van der Waals surface area contributed by atoms with E-state index in [-0.39, 0.29) is 11.8 Å². The molecule has 2 aliphatic rings. The van der Waals surface area contributed by atoms with E-state index in [1.807, 2.05) is 0 Å². The van der Waals surface area contributed by atoms with E-state index in [1.165, 1.54) is 6.42 Å². The average Bonchev–Trinajstić information content (AvgIpc) is 2.63. The molecule has 4 atom stereocenters. The van der Waals surface area contributed by atoms with E-state index < -0.39 is 0 Å². The van der Waals surface area contributed by atoms with Crippen LogP contribution in [0, 0.1) is 23.7 Å². The molecule has 12 heavy (non-hydrogen) atoms. The van der Waals surface area contributed by atoms with Gasteiger partial charge in [-0.05, 0) is 24.2 Å². The number of nitrogens with one attached hydrogen (secondary N) is 1. The van der Waals surface area contributed by atoms with Crippen molar-refractivity contribution in [2.45, 2.75) is 13.3 Å². The average molecular weight is 165 g/mol. The molecule has 2 rings (SSSR count). The Labute approximate surface area is 73.0 Å². The molecule has 1 saturated carbocycles. The molecule has 0 aromatic heterocycles. The summed E-state index contributed by atoms with van der Waals surface area (Å²) in [7, 11) is 1.73. The molecular formula is C10H15NO. The van der Waals surface area contributed by atoms with Crippen molar-refractivity contribution in [2.24, 2.45) is 23.7 Å². The van der Waals surface area contributed by atoms with Crippen LogP contribution in [0.2, 0.25) is 0 Å². The molecule has 1 N–H and O–H groups in total. The number of fused-ring (bicyclic) bond motifs is 2. The third-order valence-electron chi connectivity index (χ3n) is 3.40. The van der Waals surface area contributed by atoms with Gasteiger partial charge in [0.2, 0.25) is 5.91 Å². The van der Waals surface area contributed by atoms with Gasteiger partial charge in [0.05, 0.1) is 0 Å². The highest BCUT2D eigenvalue weighted by atomic mass is 16.1. The van der Waals surface area contributed by atoms with Crippen LogP contribution < -0.4 is 5.32 Å². The van der Waals surface area contributed by atoms with Crippen LogP contribution in [0.3, 0.4) is 0 Å². The van der Waals surface area contributed by atoms with Crippen LogP contribution >= 0.6 is 0 Å². The zero-order valence-corrected chi connectivity index (χ0v) is 7.58. The van der Waals surface area contributed by atoms with Crippen molar-refractivity contribution in [3.05, 3.63) is 12.2 Å². The summed E-state index contributed by atoms with van der Waals surface area (Å²) < 4.78 is 0. The summed E-state index contributed by atoms with van der Waals surface area (Å²) in [5.74, 6) is 2.19. The van der Waals surface area contributed by atoms with Crippen LogP contribution in [0.25, 0.3) is 0 Å². The Kier molecular flexibility index (Phi) is 1.71. The third-order valence-corrected chi connectivity index (χ3v) is 3.40. The summed E-state index contributed by atoms with van der Waals surface area (Å²) in [6.45, 7) is 2.19. The van der Waals surface area contributed by atoms with Crippen molar-refractivity contribution in [2.75, 3.05) is 7.05 Å². The molecule has 2 aliphatic carbocycles. The molecule has 1 fully saturated rings. The summed E-state index contributed by atoms with van der Waals surface area (Å²) in [5, 5.41) is 2.75. The lowest BCUT2D eigenvalue weighted by Crippen LogP contribution is -2.34. The van der Waals surface area contributed by atoms with Gasteiger partial charge < -0.3 is 5.32 Å². The molecular weight excluding hydrogens is 150 g/mol. The van der Waals surface area contributed by atoms with Crippen molar-refractivity contribution in [3.8, 4) is 0 Å². The fourth-order valence-corrected chi connectivity index (χ4v) is 2.67. The van der Waals surface area contributed by atoms with Gasteiger partial charge in [0, 0.05) is 13.0 Å². The SMILES string of the molecule is CNC(=O)C1C2C=CC(C2)C1C. The molecule has 0 aromatic rings. The van der Waals surface area contributed by atoms with Crippen molar-refractivity contribution in [1.82, 2.24) is 5.32 Å². The minimum Gasteiger partial charge on any atom is -0.359 e. The van der Waals surface area contributed by atoms with E-state index in [0.29, 0.717) is 17.8 Å². The highest BCUT2D eigenvalue weighted by Crippen LogP contribution is 2.47. The predicted molar refractivity (Wildman–Crippen MR) is 47.5 cm³/mol. The number of allylic oxidation sites excluding steroid dienone is 2. The molecule has 0 spiro atoms. The van der Waals surface area contributed by atoms with Crippen LogP contribution in [-0.4, -0.2) is 13.0 Å². The summed E-state index contributed by atoms with van der Waals surface area (Å²) in [6, 6.07) is 0. The molecule has 0 saturated heterocycles. The van der Waals surface area contributed by atoms with Gasteiger partial charge in [-0.2, -0.15) is 0 Å². The number of amides is 1. The Bertz CT molecular complexity index is 234. The Morgan fingerprint density at radius 3 is 2.58 bits per heavy atom. The Hall–Kier alpha value is -0.790. The van der Waals surface area contributed by atoms with Gasteiger partial charge in [-0.15, -0.1) is 0 Å². The standard InChI is InChI=1S/C10H15NO/c1-6-7-3-4-8(5-7)9(6)10(12)11-2/h3-4,6-9H,5H2,1-2H3,(H,11,12). The maximum Gasteiger partial charge on any atom is 0.223 e. The lowest BCUT2D eigenvalue weighted by molar-refractivity contribution is -0.126. The molecule has 0 aromatic carbocycles. The minimum absolute atomic E-state index is 0.222. The van der Waals surface area contributed by atoms with Gasteiger partial charge in [0.15, 0.2) is 0 Å². The first-order valence-corrected chi connectivity index (χ1v) is 4.64. The van der Waals surface area contributed by atoms with Gasteiger partial charge >= 0.3 is 0 Å². The molecule has 2 heteroatoms. The number of hydrogen-bond acceptors (Lipinski definition) is 1. The molecule has 0 aliphatic heterocycles. The first kappa shape index (κ1) is 7.84. The van der Waals surface area contributed by atoms with E-state index in [4.69, 9.17) is 0 Å². The topological polar surface area (TPSA) is 29.1 Å². The summed E-state index contributed by atoms with van der Waals surface area (Å²) in [5.41, 5.74) is 0. The summed E-state index contributed by atoms with van der Waals surface area (Å²) in [6.07, 6.45) is 5.68. The van der Waals surface area contributed by atoms with Gasteiger partial charge in [0.25, 0.3) is 0 Å². The Morgan fingerprint density at radius 2 is 2.08 bits per heavy atom. The van der Waals surface area contributed by atoms with Crippen molar-refractivity contribution < 1.29 is 4.79 Å². The van der Waals surface area contributed by atoms with Gasteiger partial charge in [-0.1, -0.05) is 19.1 Å². The zero-order valence-electron chi connectivity index (χ0n) is 7.58. The maximum atomic E-state index is 11.5. The molecule has 2 nitrogen and oxygen atoms in total. The Morgan fingerprint density at radius 1 is 1.42 bits per heavy atom. The summed E-state index contributed by atoms with van der Waals surface area (Å²) in [4.78, 5) is 11.5. The highest BCUT2D eigenvalue weighted by molar-refractivity contribution is 5.80. The lowest BCUT2D eigenvalue weighted by Gasteiger charge is -2.22. The number of carbonyl (C=O) groups excluding carboxylic acids is 1. The Balaban J connectivity index is 2.18. The largest absolute Gasteiger partial charge is 0.359 e. The van der Waals surface area contributed by atoms with E-state index in [1.54, 1.807) is 7.05 Å². The van der Waals surface area contributed by atoms with Crippen molar-refractivity contribution in [1.29, 1.82) is 0 Å². The first-order valence-electron chi connectivity index (χ1n) is 4.64. The number of carbonyl (C=O) groups is 1. The van der Waals surface area contributed by atoms with Crippen molar-refractivity contribution in [3.63, 3.8) is 0 Å². The molecule has 2 bridgehead atoms. The lowest BCUT2D eigenvalue weighted by atomic mass is 9.84. The smallest absolute Gasteiger partial charge is 0.223 e. The van der Waals surface area contributed by atoms with E-state index in [0.717, 1.165) is 0 Å². The number of rotatable bonds is 1. The second-order valence-corrected chi connectivity index (χ2v) is 3.95. The highest BCUT2D eigenvalue weighted by Gasteiger charge is 2.45. The van der Waals surface area contributed by atoms with E-state index in [2.05, 4.69) is 24.4 Å². The fraction of sp³-hybridized carbons (Fsp3) is 0.700. The number of hydrogen-bond donors (Lipinski definition) is 1. The molecule has 4 unspecified atom stereocenters. The summed E-state index contributed by atoms with van der Waals surface area (Å²) >= 11 is 0. The van der Waals surface area contributed by atoms with Crippen LogP contribution in [0.15, 0.2) is 12.2 Å². The van der Waals surface area contributed by atoms with Gasteiger partial charge in [0.1, 0.15) is 0 Å². The quantitative estimate of drug-likeness (QED) is 0.581. The molecule has 0 heterocycles. The molecule has 1 amide bonds. The van der Waals surface area contributed by atoms with Crippen LogP contribution in [0.5, 0.6) is 0 Å². The minimum atomic E-state index is 0.222. The first-order chi connectivity index (χ1) is 5.74. The van der Waals surface area contributed by atoms with Crippen LogP contribution in [0.4, 0.5) is 0 Å². The normalized spacial score (nSPS) is 43.5.